The molecule has 0 spiro atoms. The summed E-state index contributed by atoms with van der Waals surface area (Å²) >= 11 is 0. The van der Waals surface area contributed by atoms with Crippen LogP contribution in [0.2, 0.25) is 0 Å². The highest BCUT2D eigenvalue weighted by Gasteiger charge is 2.39. The molecule has 33 heavy (non-hydrogen) atoms. The van der Waals surface area contributed by atoms with Gasteiger partial charge in [0.25, 0.3) is 5.97 Å². The Bertz CT molecular complexity index is 359. The molecule has 0 aliphatic rings. The maximum absolute atomic E-state index is 5.72. The largest absolute Gasteiger partial charge is 0.331 e. The van der Waals surface area contributed by atoms with Gasteiger partial charge in [0.2, 0.25) is 0 Å². The molecule has 0 bridgehead atoms. The van der Waals surface area contributed by atoms with Crippen molar-refractivity contribution in [1.82, 2.24) is 0 Å². The van der Waals surface area contributed by atoms with Crippen molar-refractivity contribution >= 4 is 0 Å². The first-order chi connectivity index (χ1) is 16.2. The van der Waals surface area contributed by atoms with Crippen LogP contribution in [0.4, 0.5) is 0 Å². The summed E-state index contributed by atoms with van der Waals surface area (Å²) in [5.41, 5.74) is 0. The van der Waals surface area contributed by atoms with Crippen LogP contribution < -0.4 is 0 Å². The van der Waals surface area contributed by atoms with Gasteiger partial charge in [-0.2, -0.15) is 0 Å². The number of unbranched alkanes of at least 4 members (excludes halogenated alkanes) is 19. The van der Waals surface area contributed by atoms with Crippen molar-refractivity contribution in [2.24, 2.45) is 5.92 Å². The van der Waals surface area contributed by atoms with Crippen molar-refractivity contribution in [1.29, 1.82) is 0 Å². The van der Waals surface area contributed by atoms with Gasteiger partial charge in [0.15, 0.2) is 0 Å². The highest BCUT2D eigenvalue weighted by atomic mass is 16.9. The highest BCUT2D eigenvalue weighted by Crippen LogP contribution is 2.33. The van der Waals surface area contributed by atoms with Crippen LogP contribution in [0.15, 0.2) is 0 Å². The van der Waals surface area contributed by atoms with E-state index >= 15 is 0 Å². The quantitative estimate of drug-likeness (QED) is 0.0882. The van der Waals surface area contributed by atoms with E-state index in [4.69, 9.17) is 14.2 Å². The second-order valence-corrected chi connectivity index (χ2v) is 10.2. The summed E-state index contributed by atoms with van der Waals surface area (Å²) in [7, 11) is 5.15. The molecule has 0 N–H and O–H groups in total. The molecule has 200 valence electrons. The lowest BCUT2D eigenvalue weighted by Crippen LogP contribution is -2.44. The van der Waals surface area contributed by atoms with Gasteiger partial charge >= 0.3 is 0 Å². The minimum atomic E-state index is -0.876. The Morgan fingerprint density at radius 2 is 0.636 bits per heavy atom. The number of rotatable bonds is 27. The number of methoxy groups -OCH3 is 3. The number of ether oxygens (including phenoxy) is 3. The predicted molar refractivity (Wildman–Crippen MR) is 145 cm³/mol. The molecule has 1 unspecified atom stereocenters. The second-order valence-electron chi connectivity index (χ2n) is 10.2. The molecule has 0 aromatic heterocycles. The first-order valence-electron chi connectivity index (χ1n) is 14.9. The Morgan fingerprint density at radius 1 is 0.394 bits per heavy atom. The van der Waals surface area contributed by atoms with E-state index in [1.54, 1.807) is 21.3 Å². The monoisotopic (exact) mass is 470 g/mol. The van der Waals surface area contributed by atoms with E-state index in [9.17, 15) is 0 Å². The fourth-order valence-corrected chi connectivity index (χ4v) is 5.18. The van der Waals surface area contributed by atoms with Crippen LogP contribution in [0.25, 0.3) is 0 Å². The maximum atomic E-state index is 5.72. The lowest BCUT2D eigenvalue weighted by molar-refractivity contribution is -0.380. The number of hydrogen-bond acceptors (Lipinski definition) is 3. The lowest BCUT2D eigenvalue weighted by atomic mass is 9.91. The van der Waals surface area contributed by atoms with Crippen molar-refractivity contribution in [2.75, 3.05) is 21.3 Å². The van der Waals surface area contributed by atoms with E-state index in [-0.39, 0.29) is 0 Å². The summed E-state index contributed by atoms with van der Waals surface area (Å²) in [5.74, 6) is -0.565. The standard InChI is InChI=1S/C30H62O3/c1-6-8-10-12-14-15-16-17-18-19-20-21-22-24-26-28-29(30(31-3,32-4)33-5)27-25-23-13-11-9-7-2/h29H,6-28H2,1-5H3. The summed E-state index contributed by atoms with van der Waals surface area (Å²) in [6, 6.07) is 0. The average molecular weight is 471 g/mol. The molecule has 0 aromatic rings. The van der Waals surface area contributed by atoms with Crippen molar-refractivity contribution in [3.63, 3.8) is 0 Å². The van der Waals surface area contributed by atoms with E-state index < -0.39 is 5.97 Å². The Morgan fingerprint density at radius 3 is 0.879 bits per heavy atom. The summed E-state index contributed by atoms with van der Waals surface area (Å²) in [4.78, 5) is 0. The summed E-state index contributed by atoms with van der Waals surface area (Å²) in [6.07, 6.45) is 31.3. The highest BCUT2D eigenvalue weighted by molar-refractivity contribution is 4.72. The van der Waals surface area contributed by atoms with Crippen LogP contribution in [0, 0.1) is 5.92 Å². The summed E-state index contributed by atoms with van der Waals surface area (Å²) < 4.78 is 17.2. The SMILES string of the molecule is CCCCCCCCCCCCCCCCCC(CCCCCCCC)C(OC)(OC)OC. The average Bonchev–Trinajstić information content (AvgIpc) is 2.84. The molecule has 0 fully saturated rings. The van der Waals surface area contributed by atoms with Crippen LogP contribution in [-0.2, 0) is 14.2 Å². The van der Waals surface area contributed by atoms with Gasteiger partial charge in [0.05, 0.1) is 0 Å². The molecule has 3 nitrogen and oxygen atoms in total. The zero-order chi connectivity index (χ0) is 24.5. The lowest BCUT2D eigenvalue weighted by Gasteiger charge is -2.36. The third-order valence-electron chi connectivity index (χ3n) is 7.42. The molecule has 3 heteroatoms. The fraction of sp³-hybridized carbons (Fsp3) is 1.00. The molecule has 0 rings (SSSR count). The molecule has 0 aromatic carbocycles. The molecular weight excluding hydrogens is 408 g/mol. The van der Waals surface area contributed by atoms with E-state index in [0.29, 0.717) is 5.92 Å². The zero-order valence-electron chi connectivity index (χ0n) is 23.6. The smallest absolute Gasteiger partial charge is 0.285 e. The first kappa shape index (κ1) is 32.9. The van der Waals surface area contributed by atoms with Gasteiger partial charge in [-0.15, -0.1) is 0 Å². The van der Waals surface area contributed by atoms with Crippen molar-refractivity contribution in [3.8, 4) is 0 Å². The minimum absolute atomic E-state index is 0.311. The topological polar surface area (TPSA) is 27.7 Å². The van der Waals surface area contributed by atoms with Crippen LogP contribution >= 0.6 is 0 Å². The minimum Gasteiger partial charge on any atom is -0.331 e. The van der Waals surface area contributed by atoms with Gasteiger partial charge < -0.3 is 14.2 Å². The molecular formula is C30H62O3. The number of hydrogen-bond donors (Lipinski definition) is 0. The van der Waals surface area contributed by atoms with E-state index in [0.717, 1.165) is 12.8 Å². The Balaban J connectivity index is 3.87. The molecule has 0 aliphatic carbocycles. The normalized spacial score (nSPS) is 13.0. The Kier molecular flexibility index (Phi) is 24.9. The molecule has 0 radical (unpaired) electrons. The van der Waals surface area contributed by atoms with Gasteiger partial charge in [-0.05, 0) is 12.8 Å². The third-order valence-corrected chi connectivity index (χ3v) is 7.42. The van der Waals surface area contributed by atoms with Crippen LogP contribution in [0.1, 0.15) is 162 Å². The molecule has 1 atom stereocenters. The van der Waals surface area contributed by atoms with Crippen LogP contribution in [-0.4, -0.2) is 27.3 Å². The second kappa shape index (κ2) is 25.0. The fourth-order valence-electron chi connectivity index (χ4n) is 5.18. The molecule has 0 saturated carbocycles. The molecule has 0 heterocycles. The molecule has 0 amide bonds. The van der Waals surface area contributed by atoms with Gasteiger partial charge in [0.1, 0.15) is 0 Å². The summed E-state index contributed by atoms with van der Waals surface area (Å²) in [5, 5.41) is 0. The predicted octanol–water partition coefficient (Wildman–Crippen LogP) is 10.2. The van der Waals surface area contributed by atoms with Crippen LogP contribution in [0.3, 0.4) is 0 Å². The van der Waals surface area contributed by atoms with Gasteiger partial charge in [0, 0.05) is 27.2 Å². The van der Waals surface area contributed by atoms with Gasteiger partial charge in [-0.1, -0.05) is 149 Å². The van der Waals surface area contributed by atoms with Crippen molar-refractivity contribution < 1.29 is 14.2 Å². The van der Waals surface area contributed by atoms with E-state index in [2.05, 4.69) is 13.8 Å². The van der Waals surface area contributed by atoms with E-state index in [1.165, 1.54) is 135 Å². The van der Waals surface area contributed by atoms with Gasteiger partial charge in [-0.25, -0.2) is 0 Å². The maximum Gasteiger partial charge on any atom is 0.285 e. The molecule has 0 saturated heterocycles. The summed E-state index contributed by atoms with van der Waals surface area (Å²) in [6.45, 7) is 4.57. The van der Waals surface area contributed by atoms with Crippen molar-refractivity contribution in [3.05, 3.63) is 0 Å². The van der Waals surface area contributed by atoms with Gasteiger partial charge in [-0.3, -0.25) is 0 Å². The third kappa shape index (κ3) is 17.9. The molecule has 0 aliphatic heterocycles. The first-order valence-corrected chi connectivity index (χ1v) is 14.9. The van der Waals surface area contributed by atoms with E-state index in [1.807, 2.05) is 0 Å². The van der Waals surface area contributed by atoms with Crippen molar-refractivity contribution in [2.45, 2.75) is 167 Å². The Hall–Kier alpha value is -0.120. The Labute approximate surface area is 209 Å². The zero-order valence-corrected chi connectivity index (χ0v) is 23.6. The van der Waals surface area contributed by atoms with Crippen LogP contribution in [0.5, 0.6) is 0 Å².